The van der Waals surface area contributed by atoms with E-state index < -0.39 is 6.04 Å². The summed E-state index contributed by atoms with van der Waals surface area (Å²) in [6, 6.07) is 13.4. The number of hydrogen-bond acceptors (Lipinski definition) is 10. The summed E-state index contributed by atoms with van der Waals surface area (Å²) in [7, 11) is 3.01. The number of primary amides is 1. The second-order valence-corrected chi connectivity index (χ2v) is 10.7. The lowest BCUT2D eigenvalue weighted by molar-refractivity contribution is -0.119. The van der Waals surface area contributed by atoms with Crippen LogP contribution in [0.15, 0.2) is 55.0 Å². The van der Waals surface area contributed by atoms with Crippen molar-refractivity contribution in [2.75, 3.05) is 37.5 Å². The number of carbonyl (C=O) groups excluding carboxylic acids is 2. The molecule has 2 aromatic heterocycles. The molecule has 2 aromatic carbocycles. The Labute approximate surface area is 249 Å². The third kappa shape index (κ3) is 5.73. The molecule has 0 aliphatic carbocycles. The van der Waals surface area contributed by atoms with Gasteiger partial charge in [0.1, 0.15) is 18.2 Å². The van der Waals surface area contributed by atoms with Crippen molar-refractivity contribution in [2.45, 2.75) is 38.4 Å². The number of anilines is 3. The number of ether oxygens (including phenoxy) is 2. The molecule has 0 unspecified atom stereocenters. The maximum atomic E-state index is 12.4. The average molecular weight is 583 g/mol. The Hall–Kier alpha value is -4.97. The first-order valence-electron chi connectivity index (χ1n) is 14.2. The fourth-order valence-corrected chi connectivity index (χ4v) is 5.90. The number of nitrogens with two attached hydrogens (primary N) is 1. The Bertz CT molecular complexity index is 1640. The van der Waals surface area contributed by atoms with E-state index in [0.717, 1.165) is 49.3 Å². The first-order valence-corrected chi connectivity index (χ1v) is 14.2. The average Bonchev–Trinajstić information content (AvgIpc) is 3.71. The molecule has 4 heterocycles. The van der Waals surface area contributed by atoms with Gasteiger partial charge in [-0.2, -0.15) is 4.98 Å². The van der Waals surface area contributed by atoms with Gasteiger partial charge in [-0.05, 0) is 24.5 Å². The number of aldehydes is 1. The van der Waals surface area contributed by atoms with Crippen LogP contribution in [0.1, 0.15) is 40.0 Å². The fraction of sp³-hybridized carbons (Fsp3) is 0.323. The van der Waals surface area contributed by atoms with Crippen LogP contribution in [0.5, 0.6) is 11.5 Å². The molecule has 1 atom stereocenters. The maximum Gasteiger partial charge on any atom is 0.240 e. The highest BCUT2D eigenvalue weighted by molar-refractivity contribution is 5.84. The van der Waals surface area contributed by atoms with Crippen LogP contribution in [-0.4, -0.2) is 70.0 Å². The molecule has 0 spiro atoms. The van der Waals surface area contributed by atoms with Crippen molar-refractivity contribution in [3.8, 4) is 17.2 Å². The van der Waals surface area contributed by atoms with E-state index in [0.29, 0.717) is 54.0 Å². The Balaban J connectivity index is 1.31. The van der Waals surface area contributed by atoms with E-state index >= 15 is 0 Å². The molecule has 6 rings (SSSR count). The molecule has 2 aliphatic heterocycles. The lowest BCUT2D eigenvalue weighted by atomic mass is 10.0. The molecule has 2 aliphatic rings. The quantitative estimate of drug-likeness (QED) is 0.268. The lowest BCUT2D eigenvalue weighted by Gasteiger charge is -2.33. The van der Waals surface area contributed by atoms with Gasteiger partial charge in [-0.15, -0.1) is 0 Å². The highest BCUT2D eigenvalue weighted by Crippen LogP contribution is 2.35. The van der Waals surface area contributed by atoms with Crippen molar-refractivity contribution in [2.24, 2.45) is 5.73 Å². The number of methoxy groups -OCH3 is 2. The van der Waals surface area contributed by atoms with Crippen molar-refractivity contribution in [1.29, 1.82) is 0 Å². The summed E-state index contributed by atoms with van der Waals surface area (Å²) >= 11 is 0. The first-order chi connectivity index (χ1) is 21.0. The second-order valence-electron chi connectivity index (χ2n) is 10.7. The maximum absolute atomic E-state index is 12.4. The number of nitrogens with one attached hydrogen (secondary N) is 1. The van der Waals surface area contributed by atoms with Crippen molar-refractivity contribution < 1.29 is 19.1 Å². The highest BCUT2D eigenvalue weighted by Gasteiger charge is 2.34. The van der Waals surface area contributed by atoms with E-state index in [2.05, 4.69) is 39.5 Å². The van der Waals surface area contributed by atoms with E-state index in [9.17, 15) is 9.59 Å². The van der Waals surface area contributed by atoms with Gasteiger partial charge in [0.2, 0.25) is 11.9 Å². The van der Waals surface area contributed by atoms with Crippen LogP contribution < -0.4 is 25.4 Å². The molecule has 12 nitrogen and oxygen atoms in total. The summed E-state index contributed by atoms with van der Waals surface area (Å²) in [5.41, 5.74) is 10.1. The van der Waals surface area contributed by atoms with Gasteiger partial charge in [0.15, 0.2) is 23.6 Å². The molecular weight excluding hydrogens is 548 g/mol. The summed E-state index contributed by atoms with van der Waals surface area (Å²) in [5, 5.41) is 3.25. The van der Waals surface area contributed by atoms with Gasteiger partial charge >= 0.3 is 0 Å². The fourth-order valence-electron chi connectivity index (χ4n) is 5.90. The Morgan fingerprint density at radius 3 is 2.72 bits per heavy atom. The first kappa shape index (κ1) is 28.2. The molecule has 1 fully saturated rings. The van der Waals surface area contributed by atoms with Crippen molar-refractivity contribution in [3.05, 3.63) is 77.4 Å². The number of hydrogen-bond donors (Lipinski definition) is 2. The number of rotatable bonds is 10. The van der Waals surface area contributed by atoms with Gasteiger partial charge in [-0.3, -0.25) is 14.5 Å². The zero-order valence-corrected chi connectivity index (χ0v) is 24.2. The van der Waals surface area contributed by atoms with Crippen molar-refractivity contribution >= 4 is 29.8 Å². The van der Waals surface area contributed by atoms with E-state index in [4.69, 9.17) is 25.2 Å². The van der Waals surface area contributed by atoms with Crippen LogP contribution >= 0.6 is 0 Å². The predicted molar refractivity (Wildman–Crippen MR) is 161 cm³/mol. The van der Waals surface area contributed by atoms with Crippen LogP contribution in [0.25, 0.3) is 5.69 Å². The monoisotopic (exact) mass is 582 g/mol. The Kier molecular flexibility index (Phi) is 7.93. The molecule has 0 saturated carbocycles. The lowest BCUT2D eigenvalue weighted by Crippen LogP contribution is -2.42. The van der Waals surface area contributed by atoms with Crippen molar-refractivity contribution in [3.63, 3.8) is 0 Å². The summed E-state index contributed by atoms with van der Waals surface area (Å²) in [6.45, 7) is 3.04. The number of amides is 1. The van der Waals surface area contributed by atoms with Gasteiger partial charge < -0.3 is 30.0 Å². The Morgan fingerprint density at radius 2 is 1.98 bits per heavy atom. The summed E-state index contributed by atoms with van der Waals surface area (Å²) in [6.07, 6.45) is 6.44. The van der Waals surface area contributed by atoms with Gasteiger partial charge in [0, 0.05) is 44.2 Å². The standard InChI is InChI=1S/C31H34N8O4/c1-42-26-14-22(13-21(18-40)28(26)43-2)38-17-27(33-19-38)35-31-34-24-10-12-37(15-20-7-4-3-5-8-20)16-23(24)30(36-31)39-11-6-9-25(39)29(32)41/h3-5,7-8,13-14,17-19,25H,6,9-12,15-16H2,1-2H3,(H2,32,41)(H,34,35,36)/t25-/m0/s1. The summed E-state index contributed by atoms with van der Waals surface area (Å²) in [4.78, 5) is 42.8. The van der Waals surface area contributed by atoms with Crippen LogP contribution in [0.4, 0.5) is 17.6 Å². The van der Waals surface area contributed by atoms with E-state index in [-0.39, 0.29) is 5.91 Å². The molecule has 43 heavy (non-hydrogen) atoms. The minimum atomic E-state index is -0.410. The number of carbonyl (C=O) groups is 2. The zero-order valence-electron chi connectivity index (χ0n) is 24.2. The summed E-state index contributed by atoms with van der Waals surface area (Å²) in [5.74, 6) is 2.10. The number of imidazole rings is 1. The Morgan fingerprint density at radius 1 is 1.14 bits per heavy atom. The number of benzene rings is 2. The molecule has 1 amide bonds. The topological polar surface area (TPSA) is 141 Å². The summed E-state index contributed by atoms with van der Waals surface area (Å²) < 4.78 is 12.5. The third-order valence-electron chi connectivity index (χ3n) is 7.96. The number of nitrogens with zero attached hydrogens (tertiary/aromatic N) is 6. The van der Waals surface area contributed by atoms with Crippen LogP contribution in [0.3, 0.4) is 0 Å². The van der Waals surface area contributed by atoms with Gasteiger partial charge in [0.05, 0.1) is 37.4 Å². The number of aromatic nitrogens is 4. The minimum absolute atomic E-state index is 0.348. The third-order valence-corrected chi connectivity index (χ3v) is 7.96. The van der Waals surface area contributed by atoms with E-state index in [1.807, 2.05) is 11.0 Å². The van der Waals surface area contributed by atoms with Gasteiger partial charge in [-0.25, -0.2) is 9.97 Å². The van der Waals surface area contributed by atoms with Gasteiger partial charge in [-0.1, -0.05) is 30.3 Å². The highest BCUT2D eigenvalue weighted by atomic mass is 16.5. The molecule has 0 radical (unpaired) electrons. The molecule has 222 valence electrons. The molecule has 1 saturated heterocycles. The normalized spacial score (nSPS) is 16.5. The molecule has 4 aromatic rings. The van der Waals surface area contributed by atoms with Gasteiger partial charge in [0.25, 0.3) is 0 Å². The molecular formula is C31H34N8O4. The second kappa shape index (κ2) is 12.1. The molecule has 3 N–H and O–H groups in total. The van der Waals surface area contributed by atoms with E-state index in [1.54, 1.807) is 29.2 Å². The van der Waals surface area contributed by atoms with E-state index in [1.165, 1.54) is 19.8 Å². The predicted octanol–water partition coefficient (Wildman–Crippen LogP) is 3.25. The zero-order chi connectivity index (χ0) is 29.9. The SMILES string of the molecule is COc1cc(-n2cnc(Nc3nc4c(c(N5CCC[C@H]5C(N)=O)n3)CN(Cc3ccccc3)CC4)c2)cc(C=O)c1OC. The minimum Gasteiger partial charge on any atom is -0.493 e. The van der Waals surface area contributed by atoms with Crippen molar-refractivity contribution in [1.82, 2.24) is 24.4 Å². The largest absolute Gasteiger partial charge is 0.493 e. The molecule has 0 bridgehead atoms. The number of fused-ring (bicyclic) bond motifs is 1. The molecule has 12 heteroatoms. The smallest absolute Gasteiger partial charge is 0.240 e. The van der Waals surface area contributed by atoms with Crippen LogP contribution in [0.2, 0.25) is 0 Å². The van der Waals surface area contributed by atoms with Crippen LogP contribution in [0, 0.1) is 0 Å². The van der Waals surface area contributed by atoms with Crippen LogP contribution in [-0.2, 0) is 24.3 Å².